The molecular weight excluding hydrogens is 820 g/mol. The number of nitrogens with zero attached hydrogens (tertiary/aromatic N) is 4. The molecule has 11 rings (SSSR count). The van der Waals surface area contributed by atoms with Gasteiger partial charge in [-0.15, -0.1) is 11.3 Å². The van der Waals surface area contributed by atoms with Crippen LogP contribution in [0.25, 0.3) is 10.1 Å². The number of fused-ring (bicyclic) bond motifs is 7. The Balaban J connectivity index is 1.29. The zero-order chi connectivity index (χ0) is 46.1. The van der Waals surface area contributed by atoms with Gasteiger partial charge in [0.2, 0.25) is 0 Å². The van der Waals surface area contributed by atoms with Gasteiger partial charge in [-0.2, -0.15) is 0 Å². The molecule has 0 saturated heterocycles. The van der Waals surface area contributed by atoms with E-state index in [4.69, 9.17) is 4.98 Å². The molecule has 66 heavy (non-hydrogen) atoms. The van der Waals surface area contributed by atoms with Gasteiger partial charge in [0, 0.05) is 55.1 Å². The van der Waals surface area contributed by atoms with Gasteiger partial charge in [0.15, 0.2) is 0 Å². The average Bonchev–Trinajstić information content (AvgIpc) is 3.67. The molecule has 4 heterocycles. The highest BCUT2D eigenvalue weighted by molar-refractivity contribution is 7.33. The van der Waals surface area contributed by atoms with E-state index in [1.54, 1.807) is 0 Å². The van der Waals surface area contributed by atoms with Crippen LogP contribution < -0.4 is 30.4 Å². The number of hydrogen-bond acceptors (Lipinski definition) is 5. The number of rotatable bonds is 5. The summed E-state index contributed by atoms with van der Waals surface area (Å²) < 4.78 is 2.68. The van der Waals surface area contributed by atoms with Gasteiger partial charge in [-0.3, -0.25) is 9.80 Å². The number of para-hydroxylation sites is 2. The highest BCUT2D eigenvalue weighted by Gasteiger charge is 2.47. The summed E-state index contributed by atoms with van der Waals surface area (Å²) in [6.07, 6.45) is 2.32. The number of benzene rings is 6. The highest BCUT2D eigenvalue weighted by atomic mass is 32.1. The second-order valence-electron chi connectivity index (χ2n) is 22.5. The Morgan fingerprint density at radius 3 is 1.83 bits per heavy atom. The molecule has 330 valence electrons. The molecule has 2 aromatic heterocycles. The molecule has 0 fully saturated rings. The predicted molar refractivity (Wildman–Crippen MR) is 286 cm³/mol. The van der Waals surface area contributed by atoms with Gasteiger partial charge in [-0.1, -0.05) is 148 Å². The molecule has 8 aromatic rings. The van der Waals surface area contributed by atoms with Crippen LogP contribution >= 0.6 is 11.3 Å². The second kappa shape index (κ2) is 15.0. The van der Waals surface area contributed by atoms with Crippen LogP contribution in [-0.4, -0.2) is 11.7 Å². The molecule has 0 unspecified atom stereocenters. The van der Waals surface area contributed by atoms with Gasteiger partial charge in [0.25, 0.3) is 6.71 Å². The summed E-state index contributed by atoms with van der Waals surface area (Å²) in [5.74, 6) is 1.83. The third-order valence-corrected chi connectivity index (χ3v) is 16.1. The Hall–Kier alpha value is -6.11. The number of thiophene rings is 1. The molecule has 2 aliphatic heterocycles. The van der Waals surface area contributed by atoms with E-state index < -0.39 is 0 Å². The molecule has 0 saturated carbocycles. The summed E-state index contributed by atoms with van der Waals surface area (Å²) >= 11 is 1.96. The lowest BCUT2D eigenvalue weighted by atomic mass is 9.36. The smallest absolute Gasteiger partial charge is 0.266 e. The molecule has 0 N–H and O–H groups in total. The van der Waals surface area contributed by atoms with Gasteiger partial charge < -0.3 is 4.90 Å². The number of hydrogen-bond donors (Lipinski definition) is 0. The van der Waals surface area contributed by atoms with Gasteiger partial charge in [0.05, 0.1) is 5.69 Å². The monoisotopic (exact) mass is 880 g/mol. The molecule has 0 radical (unpaired) electrons. The minimum atomic E-state index is -0.0341. The first-order valence-electron chi connectivity index (χ1n) is 23.9. The van der Waals surface area contributed by atoms with E-state index in [0.717, 1.165) is 35.1 Å². The van der Waals surface area contributed by atoms with Crippen LogP contribution in [0.3, 0.4) is 0 Å². The van der Waals surface area contributed by atoms with Gasteiger partial charge in [0.1, 0.15) is 11.6 Å². The Morgan fingerprint density at radius 2 is 1.20 bits per heavy atom. The molecule has 0 bridgehead atoms. The highest BCUT2D eigenvalue weighted by Crippen LogP contribution is 2.53. The van der Waals surface area contributed by atoms with E-state index in [1.807, 2.05) is 11.3 Å². The molecule has 6 heteroatoms. The minimum absolute atomic E-state index is 0.0183. The fourth-order valence-electron chi connectivity index (χ4n) is 11.0. The number of pyridine rings is 1. The number of anilines is 9. The first-order valence-corrected chi connectivity index (χ1v) is 24.7. The van der Waals surface area contributed by atoms with E-state index in [9.17, 15) is 0 Å². The summed E-state index contributed by atoms with van der Waals surface area (Å²) in [6, 6.07) is 54.9. The lowest BCUT2D eigenvalue weighted by Gasteiger charge is -2.45. The molecular formula is C60H61BN4S. The van der Waals surface area contributed by atoms with Crippen molar-refractivity contribution in [1.29, 1.82) is 0 Å². The van der Waals surface area contributed by atoms with Crippen LogP contribution in [0.2, 0.25) is 0 Å². The Kier molecular flexibility index (Phi) is 9.64. The standard InChI is InChI=1S/C60H61BN4S/c1-38-22-30-49-48(34-38)61-53-50(37-52(63(41-18-14-12-15-19-41)42-20-16-13-17-21-42)62-56(53)65(49)43-26-23-39(24-27-43)57(2,3)4)64(44-28-29-46-47(36-44)60(10,11)33-32-59(46,8)9)54-45-35-40(58(5,6)7)25-31-51(45)66-55(54)61/h12-31,34-37H,32-33H2,1-11H3. The van der Waals surface area contributed by atoms with Gasteiger partial charge >= 0.3 is 0 Å². The Labute approximate surface area is 397 Å². The predicted octanol–water partition coefficient (Wildman–Crippen LogP) is 15.1. The largest absolute Gasteiger partial charge is 0.310 e. The van der Waals surface area contributed by atoms with Crippen LogP contribution in [0, 0.1) is 6.92 Å². The van der Waals surface area contributed by atoms with Crippen LogP contribution in [0.4, 0.5) is 51.4 Å². The maximum absolute atomic E-state index is 5.95. The zero-order valence-corrected chi connectivity index (χ0v) is 41.4. The Bertz CT molecular complexity index is 3150. The maximum atomic E-state index is 5.95. The van der Waals surface area contributed by atoms with Crippen LogP contribution in [0.5, 0.6) is 0 Å². The summed E-state index contributed by atoms with van der Waals surface area (Å²) in [5, 5.41) is 1.31. The first-order chi connectivity index (χ1) is 31.4. The molecule has 1 aliphatic carbocycles. The summed E-state index contributed by atoms with van der Waals surface area (Å²) in [5.41, 5.74) is 17.6. The van der Waals surface area contributed by atoms with Crippen molar-refractivity contribution in [3.63, 3.8) is 0 Å². The molecule has 0 amide bonds. The fourth-order valence-corrected chi connectivity index (χ4v) is 12.3. The van der Waals surface area contributed by atoms with Crippen molar-refractivity contribution in [2.24, 2.45) is 0 Å². The van der Waals surface area contributed by atoms with E-state index in [1.165, 1.54) is 82.8 Å². The average molecular weight is 881 g/mol. The third kappa shape index (κ3) is 6.81. The van der Waals surface area contributed by atoms with Crippen molar-refractivity contribution in [2.75, 3.05) is 14.7 Å². The quantitative estimate of drug-likeness (QED) is 0.161. The number of aryl methyl sites for hydroxylation is 1. The molecule has 0 atom stereocenters. The fraction of sp³-hybridized carbons (Fsp3) is 0.283. The van der Waals surface area contributed by atoms with Gasteiger partial charge in [-0.25, -0.2) is 4.98 Å². The second-order valence-corrected chi connectivity index (χ2v) is 23.6. The van der Waals surface area contributed by atoms with E-state index in [2.05, 4.69) is 236 Å². The van der Waals surface area contributed by atoms with Crippen molar-refractivity contribution in [1.82, 2.24) is 4.98 Å². The van der Waals surface area contributed by atoms with E-state index in [-0.39, 0.29) is 28.4 Å². The number of aromatic nitrogens is 1. The molecule has 4 nitrogen and oxygen atoms in total. The summed E-state index contributed by atoms with van der Waals surface area (Å²) in [6.45, 7) is 25.8. The van der Waals surface area contributed by atoms with Crippen molar-refractivity contribution < 1.29 is 0 Å². The molecule has 0 spiro atoms. The lowest BCUT2D eigenvalue weighted by Crippen LogP contribution is -2.61. The summed E-state index contributed by atoms with van der Waals surface area (Å²) in [7, 11) is 0. The SMILES string of the molecule is Cc1ccc2c(c1)B1c3sc4ccc(C(C)(C)C)cc4c3N(c3ccc4c(c3)C(C)(C)CCC4(C)C)c3cc(N(c4ccccc4)c4ccccc4)nc(c31)N2c1ccc(C(C)(C)C)cc1. The third-order valence-electron chi connectivity index (χ3n) is 14.9. The molecule has 6 aromatic carbocycles. The normalized spacial score (nSPS) is 15.8. The van der Waals surface area contributed by atoms with Crippen molar-refractivity contribution >= 4 is 95.3 Å². The van der Waals surface area contributed by atoms with Crippen LogP contribution in [0.15, 0.2) is 146 Å². The van der Waals surface area contributed by atoms with Crippen molar-refractivity contribution in [2.45, 2.75) is 111 Å². The first kappa shape index (κ1) is 42.5. The van der Waals surface area contributed by atoms with Gasteiger partial charge in [-0.05, 0) is 141 Å². The topological polar surface area (TPSA) is 22.6 Å². The zero-order valence-electron chi connectivity index (χ0n) is 40.5. The summed E-state index contributed by atoms with van der Waals surface area (Å²) in [4.78, 5) is 13.4. The Morgan fingerprint density at radius 1 is 0.591 bits per heavy atom. The minimum Gasteiger partial charge on any atom is -0.310 e. The van der Waals surface area contributed by atoms with Crippen molar-refractivity contribution in [3.05, 3.63) is 173 Å². The molecule has 3 aliphatic rings. The van der Waals surface area contributed by atoms with Crippen LogP contribution in [0.1, 0.15) is 110 Å². The van der Waals surface area contributed by atoms with Crippen molar-refractivity contribution in [3.8, 4) is 0 Å². The lowest BCUT2D eigenvalue weighted by molar-refractivity contribution is 0.332. The maximum Gasteiger partial charge on any atom is 0.266 e. The van der Waals surface area contributed by atoms with E-state index in [0.29, 0.717) is 0 Å². The van der Waals surface area contributed by atoms with Crippen LogP contribution in [-0.2, 0) is 21.7 Å². The van der Waals surface area contributed by atoms with E-state index >= 15 is 0 Å².